The Morgan fingerprint density at radius 3 is 2.41 bits per heavy atom. The Morgan fingerprint density at radius 2 is 1.74 bits per heavy atom. The molecule has 3 aromatic rings. The number of rotatable bonds is 7. The lowest BCUT2D eigenvalue weighted by Crippen LogP contribution is -2.23. The topological polar surface area (TPSA) is 85.4 Å². The van der Waals surface area contributed by atoms with Gasteiger partial charge in [-0.25, -0.2) is 9.97 Å². The molecular weight excluding hydrogens is 344 g/mol. The van der Waals surface area contributed by atoms with Crippen LogP contribution in [0.5, 0.6) is 11.5 Å². The zero-order valence-electron chi connectivity index (χ0n) is 15.1. The Hall–Kier alpha value is -3.61. The van der Waals surface area contributed by atoms with Gasteiger partial charge in [-0.1, -0.05) is 30.3 Å². The number of carbonyl (C=O) groups is 1. The number of hydrogen-bond donors (Lipinski definition) is 2. The van der Waals surface area contributed by atoms with Gasteiger partial charge in [0.25, 0.3) is 5.91 Å². The van der Waals surface area contributed by atoms with Crippen LogP contribution in [0.2, 0.25) is 0 Å². The smallest absolute Gasteiger partial charge is 0.254 e. The van der Waals surface area contributed by atoms with E-state index in [4.69, 9.17) is 9.47 Å². The van der Waals surface area contributed by atoms with E-state index in [-0.39, 0.29) is 5.91 Å². The van der Waals surface area contributed by atoms with Gasteiger partial charge in [0.1, 0.15) is 11.5 Å². The number of ether oxygens (including phenoxy) is 2. The van der Waals surface area contributed by atoms with Crippen LogP contribution in [0.1, 0.15) is 15.9 Å². The first-order chi connectivity index (χ1) is 13.2. The van der Waals surface area contributed by atoms with Gasteiger partial charge in [-0.05, 0) is 17.7 Å². The van der Waals surface area contributed by atoms with E-state index < -0.39 is 0 Å². The van der Waals surface area contributed by atoms with Gasteiger partial charge in [-0.15, -0.1) is 0 Å². The predicted molar refractivity (Wildman–Crippen MR) is 102 cm³/mol. The summed E-state index contributed by atoms with van der Waals surface area (Å²) in [6, 6.07) is 15.1. The normalized spacial score (nSPS) is 10.1. The van der Waals surface area contributed by atoms with Crippen molar-refractivity contribution in [2.75, 3.05) is 19.5 Å². The molecule has 0 aliphatic heterocycles. The first-order valence-corrected chi connectivity index (χ1v) is 8.33. The van der Waals surface area contributed by atoms with E-state index in [1.807, 2.05) is 36.4 Å². The third-order valence-corrected chi connectivity index (χ3v) is 3.87. The predicted octanol–water partition coefficient (Wildman–Crippen LogP) is 3.17. The summed E-state index contributed by atoms with van der Waals surface area (Å²) in [5, 5.41) is 5.91. The van der Waals surface area contributed by atoms with Crippen molar-refractivity contribution in [1.29, 1.82) is 0 Å². The van der Waals surface area contributed by atoms with Gasteiger partial charge < -0.3 is 20.1 Å². The van der Waals surface area contributed by atoms with Crippen molar-refractivity contribution >= 4 is 17.5 Å². The third-order valence-electron chi connectivity index (χ3n) is 3.87. The minimum Gasteiger partial charge on any atom is -0.497 e. The van der Waals surface area contributed by atoms with Crippen LogP contribution in [0.15, 0.2) is 60.9 Å². The monoisotopic (exact) mass is 364 g/mol. The molecule has 0 unspecified atom stereocenters. The molecule has 0 aliphatic rings. The van der Waals surface area contributed by atoms with E-state index in [0.29, 0.717) is 35.2 Å². The lowest BCUT2D eigenvalue weighted by Gasteiger charge is -2.11. The van der Waals surface area contributed by atoms with Gasteiger partial charge in [-0.3, -0.25) is 4.79 Å². The lowest BCUT2D eigenvalue weighted by molar-refractivity contribution is 0.0950. The fraction of sp³-hybridized carbons (Fsp3) is 0.150. The lowest BCUT2D eigenvalue weighted by atomic mass is 10.2. The molecule has 3 rings (SSSR count). The maximum atomic E-state index is 12.2. The highest BCUT2D eigenvalue weighted by atomic mass is 16.5. The maximum absolute atomic E-state index is 12.2. The first kappa shape index (κ1) is 18.2. The van der Waals surface area contributed by atoms with E-state index >= 15 is 0 Å². The van der Waals surface area contributed by atoms with E-state index in [0.717, 1.165) is 5.56 Å². The van der Waals surface area contributed by atoms with Crippen molar-refractivity contribution in [2.24, 2.45) is 0 Å². The SMILES string of the molecule is COc1ccc(Nc2ncc(C(=O)NCc3ccccc3)cn2)c(OC)c1. The van der Waals surface area contributed by atoms with Crippen LogP contribution >= 0.6 is 0 Å². The Bertz CT molecular complexity index is 899. The Balaban J connectivity index is 1.64. The summed E-state index contributed by atoms with van der Waals surface area (Å²) in [7, 11) is 3.16. The molecule has 2 N–H and O–H groups in total. The van der Waals surface area contributed by atoms with Gasteiger partial charge in [0.2, 0.25) is 5.95 Å². The van der Waals surface area contributed by atoms with Gasteiger partial charge in [0.15, 0.2) is 0 Å². The molecule has 1 aromatic heterocycles. The number of amides is 1. The summed E-state index contributed by atoms with van der Waals surface area (Å²) in [5.74, 6) is 1.41. The molecular formula is C20H20N4O3. The van der Waals surface area contributed by atoms with Crippen molar-refractivity contribution < 1.29 is 14.3 Å². The maximum Gasteiger partial charge on any atom is 0.254 e. The molecule has 0 spiro atoms. The molecule has 0 aliphatic carbocycles. The standard InChI is InChI=1S/C20H20N4O3/c1-26-16-8-9-17(18(10-16)27-2)24-20-22-12-15(13-23-20)19(25)21-11-14-6-4-3-5-7-14/h3-10,12-13H,11H2,1-2H3,(H,21,25)(H,22,23,24). The molecule has 0 atom stereocenters. The van der Waals surface area contributed by atoms with E-state index in [9.17, 15) is 4.79 Å². The summed E-state index contributed by atoms with van der Waals surface area (Å²) < 4.78 is 10.5. The second-order valence-corrected chi connectivity index (χ2v) is 5.65. The Labute approximate surface area is 157 Å². The second-order valence-electron chi connectivity index (χ2n) is 5.65. The zero-order valence-corrected chi connectivity index (χ0v) is 15.1. The van der Waals surface area contributed by atoms with Gasteiger partial charge in [0.05, 0.1) is 25.5 Å². The Kier molecular flexibility index (Phi) is 5.84. The fourth-order valence-electron chi connectivity index (χ4n) is 2.41. The van der Waals surface area contributed by atoms with Crippen LogP contribution in [-0.4, -0.2) is 30.1 Å². The highest BCUT2D eigenvalue weighted by Gasteiger charge is 2.09. The summed E-state index contributed by atoms with van der Waals surface area (Å²) in [4.78, 5) is 20.6. The molecule has 2 aromatic carbocycles. The van der Waals surface area contributed by atoms with E-state index in [2.05, 4.69) is 20.6 Å². The minimum absolute atomic E-state index is 0.229. The molecule has 0 fully saturated rings. The molecule has 7 nitrogen and oxygen atoms in total. The van der Waals surface area contributed by atoms with Crippen LogP contribution in [0.25, 0.3) is 0 Å². The number of anilines is 2. The minimum atomic E-state index is -0.229. The molecule has 1 amide bonds. The van der Waals surface area contributed by atoms with E-state index in [1.165, 1.54) is 12.4 Å². The zero-order chi connectivity index (χ0) is 19.1. The number of benzene rings is 2. The average Bonchev–Trinajstić information content (AvgIpc) is 2.73. The first-order valence-electron chi connectivity index (χ1n) is 8.33. The molecule has 1 heterocycles. The molecule has 0 saturated heterocycles. The number of hydrogen-bond acceptors (Lipinski definition) is 6. The number of aromatic nitrogens is 2. The van der Waals surface area contributed by atoms with E-state index in [1.54, 1.807) is 26.4 Å². The number of carbonyl (C=O) groups excluding carboxylic acids is 1. The number of nitrogens with one attached hydrogen (secondary N) is 2. The summed E-state index contributed by atoms with van der Waals surface area (Å²) in [6.45, 7) is 0.447. The average molecular weight is 364 g/mol. The molecule has 7 heteroatoms. The third kappa shape index (κ3) is 4.72. The highest BCUT2D eigenvalue weighted by molar-refractivity contribution is 5.93. The molecule has 0 saturated carbocycles. The summed E-state index contributed by atoms with van der Waals surface area (Å²) >= 11 is 0. The largest absolute Gasteiger partial charge is 0.497 e. The van der Waals surface area contributed by atoms with Crippen molar-refractivity contribution in [3.63, 3.8) is 0 Å². The van der Waals surface area contributed by atoms with Crippen LogP contribution in [-0.2, 0) is 6.54 Å². The molecule has 138 valence electrons. The number of nitrogens with zero attached hydrogens (tertiary/aromatic N) is 2. The van der Waals surface area contributed by atoms with Crippen molar-refractivity contribution in [1.82, 2.24) is 15.3 Å². The van der Waals surface area contributed by atoms with Crippen LogP contribution in [0.3, 0.4) is 0 Å². The highest BCUT2D eigenvalue weighted by Crippen LogP contribution is 2.30. The summed E-state index contributed by atoms with van der Waals surface area (Å²) in [5.41, 5.74) is 2.11. The quantitative estimate of drug-likeness (QED) is 0.670. The van der Waals surface area contributed by atoms with Crippen LogP contribution in [0.4, 0.5) is 11.6 Å². The van der Waals surface area contributed by atoms with Gasteiger partial charge in [-0.2, -0.15) is 0 Å². The van der Waals surface area contributed by atoms with Crippen molar-refractivity contribution in [3.05, 3.63) is 72.1 Å². The van der Waals surface area contributed by atoms with Crippen LogP contribution < -0.4 is 20.1 Å². The molecule has 0 bridgehead atoms. The molecule has 27 heavy (non-hydrogen) atoms. The summed E-state index contributed by atoms with van der Waals surface area (Å²) in [6.07, 6.45) is 2.96. The van der Waals surface area contributed by atoms with Crippen LogP contribution in [0, 0.1) is 0 Å². The van der Waals surface area contributed by atoms with Gasteiger partial charge >= 0.3 is 0 Å². The van der Waals surface area contributed by atoms with Gasteiger partial charge in [0, 0.05) is 25.0 Å². The Morgan fingerprint density at radius 1 is 1.00 bits per heavy atom. The second kappa shape index (κ2) is 8.66. The van der Waals surface area contributed by atoms with Crippen molar-refractivity contribution in [2.45, 2.75) is 6.54 Å². The fourth-order valence-corrected chi connectivity index (χ4v) is 2.41. The molecule has 0 radical (unpaired) electrons. The van der Waals surface area contributed by atoms with Crippen molar-refractivity contribution in [3.8, 4) is 11.5 Å². The number of methoxy groups -OCH3 is 2.